The molecule has 0 amide bonds. The van der Waals surface area contributed by atoms with E-state index in [0.717, 1.165) is 46.7 Å². The van der Waals surface area contributed by atoms with Crippen LogP contribution in [0, 0.1) is 0 Å². The minimum Gasteiger partial charge on any atom is -0.494 e. The third-order valence-corrected chi connectivity index (χ3v) is 5.02. The van der Waals surface area contributed by atoms with Crippen LogP contribution in [0.2, 0.25) is 0 Å². The number of aromatic nitrogens is 3. The first-order valence-corrected chi connectivity index (χ1v) is 8.76. The number of carbonyl (C=O) groups is 1. The second-order valence-electron chi connectivity index (χ2n) is 6.42. The highest BCUT2D eigenvalue weighted by Gasteiger charge is 2.25. The summed E-state index contributed by atoms with van der Waals surface area (Å²) < 4.78 is 9.29. The quantitative estimate of drug-likeness (QED) is 0.768. The largest absolute Gasteiger partial charge is 0.494 e. The molecule has 0 spiro atoms. The van der Waals surface area contributed by atoms with Crippen molar-refractivity contribution < 1.29 is 14.6 Å². The van der Waals surface area contributed by atoms with Crippen molar-refractivity contribution in [2.75, 3.05) is 7.11 Å². The summed E-state index contributed by atoms with van der Waals surface area (Å²) in [5.74, 6) is -0.430. The van der Waals surface area contributed by atoms with Crippen LogP contribution in [-0.4, -0.2) is 32.5 Å². The molecule has 0 bridgehead atoms. The zero-order chi connectivity index (χ0) is 19.1. The van der Waals surface area contributed by atoms with Gasteiger partial charge in [0.2, 0.25) is 0 Å². The Morgan fingerprint density at radius 1 is 1.37 bits per heavy atom. The van der Waals surface area contributed by atoms with Crippen LogP contribution < -0.4 is 10.2 Å². The van der Waals surface area contributed by atoms with Gasteiger partial charge in [-0.3, -0.25) is 4.79 Å². The Labute approximate surface area is 155 Å². The number of benzene rings is 1. The highest BCUT2D eigenvalue weighted by Crippen LogP contribution is 2.40. The number of carboxylic acid groups (broad SMARTS) is 1. The van der Waals surface area contributed by atoms with Crippen molar-refractivity contribution in [3.05, 3.63) is 63.7 Å². The van der Waals surface area contributed by atoms with Crippen LogP contribution in [0.1, 0.15) is 28.4 Å². The number of carboxylic acids is 1. The Hall–Kier alpha value is -3.35. The molecule has 138 valence electrons. The van der Waals surface area contributed by atoms with Crippen LogP contribution >= 0.6 is 0 Å². The van der Waals surface area contributed by atoms with E-state index in [1.54, 1.807) is 18.0 Å². The van der Waals surface area contributed by atoms with Gasteiger partial charge >= 0.3 is 5.97 Å². The van der Waals surface area contributed by atoms with E-state index in [-0.39, 0.29) is 5.56 Å². The van der Waals surface area contributed by atoms with E-state index in [1.807, 2.05) is 22.9 Å². The summed E-state index contributed by atoms with van der Waals surface area (Å²) in [7, 11) is 1.65. The Balaban J connectivity index is 2.03. The molecule has 0 atom stereocenters. The zero-order valence-electron chi connectivity index (χ0n) is 15.1. The molecule has 0 saturated heterocycles. The van der Waals surface area contributed by atoms with Crippen molar-refractivity contribution in [3.8, 4) is 22.7 Å². The molecule has 0 saturated carbocycles. The van der Waals surface area contributed by atoms with Gasteiger partial charge in [-0.15, -0.1) is 0 Å². The van der Waals surface area contributed by atoms with Gasteiger partial charge in [0.1, 0.15) is 17.0 Å². The lowest BCUT2D eigenvalue weighted by molar-refractivity contribution is 0.0694. The number of ether oxygens (including phenoxy) is 1. The van der Waals surface area contributed by atoms with Gasteiger partial charge in [-0.2, -0.15) is 5.10 Å². The lowest BCUT2D eigenvalue weighted by Crippen LogP contribution is -2.23. The van der Waals surface area contributed by atoms with Gasteiger partial charge in [0, 0.05) is 42.3 Å². The SMILES string of the molecule is CCc1c2c(cc(-n3cccn3)c1OC)-c1cc(=O)c(C(=O)O)cn1CC2. The van der Waals surface area contributed by atoms with Crippen molar-refractivity contribution >= 4 is 5.97 Å². The number of aryl methyl sites for hydroxylation is 1. The summed E-state index contributed by atoms with van der Waals surface area (Å²) in [6.45, 7) is 2.68. The molecule has 0 fully saturated rings. The number of nitrogens with zero attached hydrogens (tertiary/aromatic N) is 3. The molecule has 4 rings (SSSR count). The number of pyridine rings is 1. The van der Waals surface area contributed by atoms with Crippen molar-refractivity contribution in [1.82, 2.24) is 14.3 Å². The molecule has 1 aromatic carbocycles. The summed E-state index contributed by atoms with van der Waals surface area (Å²) in [4.78, 5) is 23.6. The number of methoxy groups -OCH3 is 1. The van der Waals surface area contributed by atoms with E-state index in [2.05, 4.69) is 12.0 Å². The monoisotopic (exact) mass is 365 g/mol. The molecular weight excluding hydrogens is 346 g/mol. The topological polar surface area (TPSA) is 86.3 Å². The summed E-state index contributed by atoms with van der Waals surface area (Å²) in [6.07, 6.45) is 6.49. The number of hydrogen-bond acceptors (Lipinski definition) is 4. The number of fused-ring (bicyclic) bond motifs is 3. The van der Waals surface area contributed by atoms with Crippen LogP contribution in [0.5, 0.6) is 5.75 Å². The van der Waals surface area contributed by atoms with Gasteiger partial charge in [-0.1, -0.05) is 6.92 Å². The minimum absolute atomic E-state index is 0.210. The molecule has 0 radical (unpaired) electrons. The first-order valence-electron chi connectivity index (χ1n) is 8.76. The van der Waals surface area contributed by atoms with Gasteiger partial charge in [-0.05, 0) is 30.5 Å². The Kier molecular flexibility index (Phi) is 4.07. The Morgan fingerprint density at radius 2 is 2.19 bits per heavy atom. The third-order valence-electron chi connectivity index (χ3n) is 5.02. The lowest BCUT2D eigenvalue weighted by Gasteiger charge is -2.27. The van der Waals surface area contributed by atoms with E-state index < -0.39 is 11.4 Å². The average molecular weight is 365 g/mol. The van der Waals surface area contributed by atoms with Crippen LogP contribution in [-0.2, 0) is 19.4 Å². The molecular formula is C20H19N3O4. The summed E-state index contributed by atoms with van der Waals surface area (Å²) in [5.41, 5.74) is 3.95. The zero-order valence-corrected chi connectivity index (χ0v) is 15.1. The van der Waals surface area contributed by atoms with Crippen molar-refractivity contribution in [2.24, 2.45) is 0 Å². The summed E-state index contributed by atoms with van der Waals surface area (Å²) in [6, 6.07) is 5.22. The lowest BCUT2D eigenvalue weighted by atomic mass is 9.89. The number of rotatable bonds is 4. The van der Waals surface area contributed by atoms with Gasteiger partial charge in [0.15, 0.2) is 5.43 Å². The van der Waals surface area contributed by atoms with E-state index in [0.29, 0.717) is 6.54 Å². The Morgan fingerprint density at radius 3 is 2.81 bits per heavy atom. The maximum absolute atomic E-state index is 12.3. The highest BCUT2D eigenvalue weighted by molar-refractivity contribution is 5.88. The van der Waals surface area contributed by atoms with Gasteiger partial charge in [0.05, 0.1) is 12.8 Å². The van der Waals surface area contributed by atoms with E-state index >= 15 is 0 Å². The van der Waals surface area contributed by atoms with Crippen LogP contribution in [0.4, 0.5) is 0 Å². The van der Waals surface area contributed by atoms with Crippen molar-refractivity contribution in [2.45, 2.75) is 26.3 Å². The van der Waals surface area contributed by atoms with Gasteiger partial charge in [0.25, 0.3) is 0 Å². The summed E-state index contributed by atoms with van der Waals surface area (Å²) in [5, 5.41) is 13.6. The summed E-state index contributed by atoms with van der Waals surface area (Å²) >= 11 is 0. The molecule has 1 N–H and O–H groups in total. The van der Waals surface area contributed by atoms with Crippen molar-refractivity contribution in [1.29, 1.82) is 0 Å². The number of aromatic carboxylic acids is 1. The average Bonchev–Trinajstić information content (AvgIpc) is 3.20. The van der Waals surface area contributed by atoms with Gasteiger partial charge < -0.3 is 14.4 Å². The van der Waals surface area contributed by atoms with E-state index in [1.165, 1.54) is 12.3 Å². The van der Waals surface area contributed by atoms with Crippen molar-refractivity contribution in [3.63, 3.8) is 0 Å². The Bertz CT molecular complexity index is 1100. The molecule has 27 heavy (non-hydrogen) atoms. The van der Waals surface area contributed by atoms with E-state index in [9.17, 15) is 14.7 Å². The minimum atomic E-state index is -1.21. The smallest absolute Gasteiger partial charge is 0.341 e. The second-order valence-corrected chi connectivity index (χ2v) is 6.42. The van der Waals surface area contributed by atoms with E-state index in [4.69, 9.17) is 4.74 Å². The highest BCUT2D eigenvalue weighted by atomic mass is 16.5. The second kappa shape index (κ2) is 6.42. The number of hydrogen-bond donors (Lipinski definition) is 1. The fourth-order valence-electron chi connectivity index (χ4n) is 3.83. The fourth-order valence-corrected chi connectivity index (χ4v) is 3.83. The van der Waals surface area contributed by atoms with Crippen LogP contribution in [0.3, 0.4) is 0 Å². The predicted molar refractivity (Wildman–Crippen MR) is 99.9 cm³/mol. The first kappa shape index (κ1) is 17.1. The molecule has 1 aliphatic heterocycles. The molecule has 0 unspecified atom stereocenters. The van der Waals surface area contributed by atoms with Crippen LogP contribution in [0.25, 0.3) is 16.9 Å². The molecule has 7 nitrogen and oxygen atoms in total. The fraction of sp³-hybridized carbons (Fsp3) is 0.250. The molecule has 0 aliphatic carbocycles. The normalized spacial score (nSPS) is 12.4. The maximum Gasteiger partial charge on any atom is 0.341 e. The predicted octanol–water partition coefficient (Wildman–Crippen LogP) is 2.53. The van der Waals surface area contributed by atoms with Gasteiger partial charge in [-0.25, -0.2) is 9.48 Å². The molecule has 3 aromatic rings. The molecule has 1 aliphatic rings. The molecule has 2 aromatic heterocycles. The molecule has 7 heteroatoms. The molecule has 3 heterocycles. The standard InChI is InChI=1S/C20H19N3O4/c1-3-12-13-5-8-22-11-15(20(25)26)18(24)10-16(22)14(13)9-17(19(12)27-2)23-7-4-6-21-23/h4,6-7,9-11H,3,5,8H2,1-2H3,(H,25,26). The third kappa shape index (κ3) is 2.63. The van der Waals surface area contributed by atoms with Crippen LogP contribution in [0.15, 0.2) is 41.6 Å². The first-order chi connectivity index (χ1) is 13.0. The maximum atomic E-state index is 12.3.